The SMILES string of the molecule is CCC1=Cc2ccccc2S1(O[Cl+3]([O-])([O-])[O-])C(F)(F)F. The Morgan fingerprint density at radius 2 is 1.80 bits per heavy atom. The lowest BCUT2D eigenvalue weighted by Crippen LogP contribution is -2.61. The van der Waals surface area contributed by atoms with Gasteiger partial charge in [0, 0.05) is 9.80 Å². The Bertz CT molecular complexity index is 555. The van der Waals surface area contributed by atoms with Gasteiger partial charge in [0.2, 0.25) is 0 Å². The quantitative estimate of drug-likeness (QED) is 0.827. The second kappa shape index (κ2) is 4.90. The van der Waals surface area contributed by atoms with Gasteiger partial charge in [0.05, 0.1) is 10.2 Å². The van der Waals surface area contributed by atoms with Crippen molar-refractivity contribution in [3.05, 3.63) is 34.7 Å². The molecule has 1 heterocycles. The molecule has 0 radical (unpaired) electrons. The van der Waals surface area contributed by atoms with Gasteiger partial charge in [-0.1, -0.05) is 25.1 Å². The summed E-state index contributed by atoms with van der Waals surface area (Å²) < 4.78 is 77.0. The summed E-state index contributed by atoms with van der Waals surface area (Å²) in [6.45, 7) is 1.45. The summed E-state index contributed by atoms with van der Waals surface area (Å²) in [6, 6.07) is 5.43. The lowest BCUT2D eigenvalue weighted by molar-refractivity contribution is -1.91. The highest BCUT2D eigenvalue weighted by molar-refractivity contribution is 8.34. The van der Waals surface area contributed by atoms with Crippen LogP contribution in [0.2, 0.25) is 0 Å². The molecule has 4 nitrogen and oxygen atoms in total. The topological polar surface area (TPSA) is 78.4 Å². The standard InChI is InChI=1S/C11H10ClF3O4S/c1-2-9-7-8-5-3-4-6-10(8)20(9,11(13,14)15)19-12(16,17)18/h3-7H,2H2,1H3. The van der Waals surface area contributed by atoms with Gasteiger partial charge in [-0.05, 0) is 24.1 Å². The van der Waals surface area contributed by atoms with E-state index in [1.54, 1.807) is 0 Å². The van der Waals surface area contributed by atoms with Gasteiger partial charge in [0.15, 0.2) is 10.3 Å². The zero-order valence-corrected chi connectivity index (χ0v) is 11.7. The molecule has 0 bridgehead atoms. The molecule has 1 aliphatic rings. The molecule has 0 aromatic heterocycles. The van der Waals surface area contributed by atoms with Crippen LogP contribution in [0.4, 0.5) is 13.2 Å². The summed E-state index contributed by atoms with van der Waals surface area (Å²) in [4.78, 5) is -0.547. The van der Waals surface area contributed by atoms with Crippen LogP contribution in [0.3, 0.4) is 0 Å². The van der Waals surface area contributed by atoms with Gasteiger partial charge in [-0.3, -0.25) is 0 Å². The summed E-state index contributed by atoms with van der Waals surface area (Å²) in [5.74, 6) is 0. The third kappa shape index (κ3) is 2.43. The van der Waals surface area contributed by atoms with E-state index in [4.69, 9.17) is 0 Å². The minimum atomic E-state index is -5.21. The number of allylic oxidation sites excluding steroid dienone is 1. The van der Waals surface area contributed by atoms with Crippen LogP contribution in [0.25, 0.3) is 6.08 Å². The highest BCUT2D eigenvalue weighted by Gasteiger charge is 2.66. The normalized spacial score (nSPS) is 25.9. The number of rotatable bonds is 3. The van der Waals surface area contributed by atoms with Crippen LogP contribution in [0, 0.1) is 10.2 Å². The Labute approximate surface area is 116 Å². The first-order valence-electron chi connectivity index (χ1n) is 5.43. The molecule has 0 amide bonds. The van der Waals surface area contributed by atoms with Gasteiger partial charge in [-0.2, -0.15) is 27.1 Å². The molecular formula is C11H10ClF3O4S. The second-order valence-corrected chi connectivity index (χ2v) is 7.74. The van der Waals surface area contributed by atoms with Crippen LogP contribution in [-0.4, -0.2) is 5.51 Å². The Hall–Kier alpha value is -0.770. The van der Waals surface area contributed by atoms with E-state index in [9.17, 15) is 27.1 Å². The summed E-state index contributed by atoms with van der Waals surface area (Å²) in [6.07, 6.45) is 1.16. The molecule has 0 aliphatic carbocycles. The van der Waals surface area contributed by atoms with Gasteiger partial charge < -0.3 is 0 Å². The molecular weight excluding hydrogens is 321 g/mol. The van der Waals surface area contributed by atoms with Gasteiger partial charge in [-0.15, -0.1) is 0 Å². The second-order valence-electron chi connectivity index (χ2n) is 3.94. The van der Waals surface area contributed by atoms with Crippen molar-refractivity contribution in [2.24, 2.45) is 0 Å². The van der Waals surface area contributed by atoms with Crippen molar-refractivity contribution in [1.82, 2.24) is 0 Å². The van der Waals surface area contributed by atoms with E-state index < -0.39 is 26.1 Å². The molecule has 0 spiro atoms. The van der Waals surface area contributed by atoms with Crippen molar-refractivity contribution >= 4 is 16.4 Å². The molecule has 9 heteroatoms. The van der Waals surface area contributed by atoms with Crippen molar-refractivity contribution in [3.63, 3.8) is 0 Å². The highest BCUT2D eigenvalue weighted by Crippen LogP contribution is 2.78. The van der Waals surface area contributed by atoms with Gasteiger partial charge in [-0.25, -0.2) is 0 Å². The molecule has 20 heavy (non-hydrogen) atoms. The van der Waals surface area contributed by atoms with E-state index in [0.29, 0.717) is 0 Å². The fourth-order valence-corrected chi connectivity index (χ4v) is 6.13. The van der Waals surface area contributed by atoms with Crippen molar-refractivity contribution in [1.29, 1.82) is 0 Å². The molecule has 0 saturated carbocycles. The van der Waals surface area contributed by atoms with Crippen LogP contribution in [-0.2, 0) is 3.74 Å². The average molecular weight is 331 g/mol. The first-order chi connectivity index (χ1) is 9.12. The van der Waals surface area contributed by atoms with Crippen molar-refractivity contribution < 1.29 is 41.1 Å². The van der Waals surface area contributed by atoms with E-state index in [1.165, 1.54) is 31.2 Å². The predicted octanol–water partition coefficient (Wildman–Crippen LogP) is 0.963. The fourth-order valence-electron chi connectivity index (χ4n) is 2.06. The van der Waals surface area contributed by atoms with Crippen LogP contribution in [0.1, 0.15) is 18.9 Å². The van der Waals surface area contributed by atoms with Crippen LogP contribution >= 0.6 is 10.3 Å². The third-order valence-electron chi connectivity index (χ3n) is 2.76. The Kier molecular flexibility index (Phi) is 3.83. The van der Waals surface area contributed by atoms with Gasteiger partial charge >= 0.3 is 5.51 Å². The molecule has 0 saturated heterocycles. The first kappa shape index (κ1) is 15.6. The molecule has 1 aliphatic heterocycles. The van der Waals surface area contributed by atoms with E-state index in [0.717, 1.165) is 6.07 Å². The Balaban J connectivity index is 2.70. The molecule has 1 aromatic rings. The van der Waals surface area contributed by atoms with E-state index in [2.05, 4.69) is 3.74 Å². The van der Waals surface area contributed by atoms with Crippen molar-refractivity contribution in [2.45, 2.75) is 23.7 Å². The molecule has 1 unspecified atom stereocenters. The van der Waals surface area contributed by atoms with E-state index in [-0.39, 0.29) is 21.8 Å². The fraction of sp³-hybridized carbons (Fsp3) is 0.273. The largest absolute Gasteiger partial charge is 0.468 e. The number of benzene rings is 1. The maximum absolute atomic E-state index is 13.5. The lowest BCUT2D eigenvalue weighted by Gasteiger charge is -2.34. The number of hydrogen-bond donors (Lipinski definition) is 0. The summed E-state index contributed by atoms with van der Waals surface area (Å²) in [5.41, 5.74) is -4.78. The minimum absolute atomic E-state index is 0.0748. The summed E-state index contributed by atoms with van der Waals surface area (Å²) in [7, 11) is -9.55. The van der Waals surface area contributed by atoms with Crippen molar-refractivity contribution in [2.75, 3.05) is 0 Å². The molecule has 0 fully saturated rings. The summed E-state index contributed by atoms with van der Waals surface area (Å²) in [5, 5.41) is 0. The Morgan fingerprint density at radius 1 is 1.20 bits per heavy atom. The first-order valence-corrected chi connectivity index (χ1v) is 8.22. The van der Waals surface area contributed by atoms with Crippen LogP contribution in [0.5, 0.6) is 0 Å². The van der Waals surface area contributed by atoms with E-state index >= 15 is 0 Å². The number of fused-ring (bicyclic) bond motifs is 1. The molecule has 112 valence electrons. The molecule has 1 atom stereocenters. The number of hydrogen-bond acceptors (Lipinski definition) is 4. The van der Waals surface area contributed by atoms with E-state index in [1.807, 2.05) is 0 Å². The average Bonchev–Trinajstić information content (AvgIpc) is 2.62. The zero-order chi connectivity index (χ0) is 15.2. The molecule has 2 rings (SSSR count). The van der Waals surface area contributed by atoms with Crippen molar-refractivity contribution in [3.8, 4) is 0 Å². The van der Waals surface area contributed by atoms with Crippen LogP contribution in [0.15, 0.2) is 34.1 Å². The Morgan fingerprint density at radius 3 is 2.30 bits per heavy atom. The summed E-state index contributed by atoms with van der Waals surface area (Å²) >= 11 is 0. The third-order valence-corrected chi connectivity index (χ3v) is 6.92. The zero-order valence-electron chi connectivity index (χ0n) is 10.1. The van der Waals surface area contributed by atoms with Gasteiger partial charge in [0.25, 0.3) is 0 Å². The smallest absolute Gasteiger partial charge is 0.182 e. The minimum Gasteiger partial charge on any atom is -0.182 e. The predicted molar refractivity (Wildman–Crippen MR) is 57.7 cm³/mol. The monoisotopic (exact) mass is 330 g/mol. The maximum atomic E-state index is 13.5. The number of alkyl halides is 3. The lowest BCUT2D eigenvalue weighted by atomic mass is 10.2. The highest BCUT2D eigenvalue weighted by atomic mass is 35.7. The molecule has 0 N–H and O–H groups in total. The molecule has 1 aromatic carbocycles. The van der Waals surface area contributed by atoms with Gasteiger partial charge in [0.1, 0.15) is 3.74 Å². The number of halogens is 4. The maximum Gasteiger partial charge on any atom is 0.468 e. The van der Waals surface area contributed by atoms with Crippen LogP contribution < -0.4 is 14.0 Å².